The lowest BCUT2D eigenvalue weighted by atomic mass is 10.1. The predicted octanol–water partition coefficient (Wildman–Crippen LogP) is 3.37. The van der Waals surface area contributed by atoms with Crippen molar-refractivity contribution in [3.05, 3.63) is 56.5 Å². The van der Waals surface area contributed by atoms with Crippen LogP contribution in [-0.4, -0.2) is 16.9 Å². The Labute approximate surface area is 155 Å². The van der Waals surface area contributed by atoms with E-state index in [1.165, 1.54) is 11.0 Å². The van der Waals surface area contributed by atoms with Crippen LogP contribution in [0.2, 0.25) is 5.02 Å². The zero-order valence-corrected chi connectivity index (χ0v) is 15.1. The first kappa shape index (κ1) is 16.2. The number of rotatable bonds is 2. The van der Waals surface area contributed by atoms with Gasteiger partial charge in [-0.1, -0.05) is 17.7 Å². The summed E-state index contributed by atoms with van der Waals surface area (Å²) in [5, 5.41) is 2.96. The zero-order chi connectivity index (χ0) is 16.6. The fraction of sp³-hybridized carbons (Fsp3) is 0. The Hall–Kier alpha value is -1.71. The number of amides is 2. The summed E-state index contributed by atoms with van der Waals surface area (Å²) in [7, 11) is 0. The molecule has 2 amide bonds. The molecular weight excluding hydrogens is 451 g/mol. The van der Waals surface area contributed by atoms with Gasteiger partial charge in [-0.3, -0.25) is 19.8 Å². The van der Waals surface area contributed by atoms with Crippen molar-refractivity contribution in [3.8, 4) is 0 Å². The molecule has 2 heterocycles. The Balaban J connectivity index is 2.02. The number of furan rings is 1. The first-order chi connectivity index (χ1) is 11.0. The minimum Gasteiger partial charge on any atom is -0.451 e. The number of hydrogen-bond donors (Lipinski definition) is 1. The minimum absolute atomic E-state index is 0.00782. The smallest absolute Gasteiger partial charge is 0.270 e. The first-order valence-corrected chi connectivity index (χ1v) is 8.24. The van der Waals surface area contributed by atoms with Crippen molar-refractivity contribution in [1.82, 2.24) is 5.32 Å². The van der Waals surface area contributed by atoms with Crippen LogP contribution in [0.4, 0.5) is 5.69 Å². The lowest BCUT2D eigenvalue weighted by Gasteiger charge is -2.28. The van der Waals surface area contributed by atoms with Crippen LogP contribution in [0.1, 0.15) is 5.76 Å². The Kier molecular flexibility index (Phi) is 4.51. The van der Waals surface area contributed by atoms with Crippen LogP contribution in [-0.2, 0) is 9.59 Å². The van der Waals surface area contributed by atoms with Gasteiger partial charge in [0.2, 0.25) is 0 Å². The predicted molar refractivity (Wildman–Crippen MR) is 99.1 cm³/mol. The summed E-state index contributed by atoms with van der Waals surface area (Å²) in [6, 6.07) is 10.1. The summed E-state index contributed by atoms with van der Waals surface area (Å²) in [6.45, 7) is 0. The Morgan fingerprint density at radius 2 is 2.04 bits per heavy atom. The van der Waals surface area contributed by atoms with Crippen LogP contribution in [0, 0.1) is 3.77 Å². The fourth-order valence-corrected chi connectivity index (χ4v) is 2.95. The molecule has 1 aromatic heterocycles. The molecule has 2 aromatic rings. The molecule has 1 aromatic carbocycles. The summed E-state index contributed by atoms with van der Waals surface area (Å²) in [5.41, 5.74) is 0.414. The number of nitrogens with one attached hydrogen (secondary N) is 1. The molecule has 3 rings (SSSR count). The highest BCUT2D eigenvalue weighted by molar-refractivity contribution is 14.1. The molecule has 0 unspecified atom stereocenters. The van der Waals surface area contributed by atoms with Crippen LogP contribution in [0.3, 0.4) is 0 Å². The van der Waals surface area contributed by atoms with Crippen LogP contribution in [0.15, 0.2) is 46.4 Å². The lowest BCUT2D eigenvalue weighted by molar-refractivity contribution is -0.122. The summed E-state index contributed by atoms with van der Waals surface area (Å²) < 4.78 is 6.03. The number of benzene rings is 1. The molecule has 0 saturated carbocycles. The van der Waals surface area contributed by atoms with E-state index < -0.39 is 11.8 Å². The van der Waals surface area contributed by atoms with E-state index in [0.717, 1.165) is 0 Å². The van der Waals surface area contributed by atoms with Crippen molar-refractivity contribution in [3.63, 3.8) is 0 Å². The summed E-state index contributed by atoms with van der Waals surface area (Å²) in [5.74, 6) is -0.691. The molecule has 1 N–H and O–H groups in total. The molecule has 116 valence electrons. The second kappa shape index (κ2) is 6.42. The highest BCUT2D eigenvalue weighted by atomic mass is 127. The summed E-state index contributed by atoms with van der Waals surface area (Å²) in [6.07, 6.45) is 1.39. The standard InChI is InChI=1S/C15H8ClIN2O3S/c16-8-2-1-3-9(6-8)19-14(21)11(13(20)18-15(19)23)7-10-4-5-12(17)22-10/h1-7H,(H,18,20,23). The summed E-state index contributed by atoms with van der Waals surface area (Å²) in [4.78, 5) is 26.0. The number of hydrogen-bond acceptors (Lipinski definition) is 4. The molecule has 1 aliphatic heterocycles. The van der Waals surface area contributed by atoms with Gasteiger partial charge in [0.15, 0.2) is 8.88 Å². The van der Waals surface area contributed by atoms with Crippen molar-refractivity contribution in [1.29, 1.82) is 0 Å². The van der Waals surface area contributed by atoms with E-state index in [2.05, 4.69) is 5.32 Å². The van der Waals surface area contributed by atoms with Gasteiger partial charge in [-0.25, -0.2) is 0 Å². The highest BCUT2D eigenvalue weighted by Crippen LogP contribution is 2.25. The van der Waals surface area contributed by atoms with E-state index in [-0.39, 0.29) is 10.7 Å². The average Bonchev–Trinajstić information content (AvgIpc) is 2.89. The van der Waals surface area contributed by atoms with Gasteiger partial charge in [-0.2, -0.15) is 0 Å². The van der Waals surface area contributed by atoms with E-state index in [1.54, 1.807) is 36.4 Å². The molecule has 0 radical (unpaired) electrons. The maximum absolute atomic E-state index is 12.7. The molecular formula is C15H8ClIN2O3S. The average molecular weight is 459 g/mol. The third-order valence-corrected chi connectivity index (χ3v) is 4.15. The van der Waals surface area contributed by atoms with Crippen molar-refractivity contribution in [2.75, 3.05) is 4.90 Å². The Morgan fingerprint density at radius 1 is 1.26 bits per heavy atom. The maximum Gasteiger partial charge on any atom is 0.270 e. The van der Waals surface area contributed by atoms with Gasteiger partial charge in [-0.15, -0.1) is 0 Å². The van der Waals surface area contributed by atoms with Crippen molar-refractivity contribution >= 4 is 75.1 Å². The van der Waals surface area contributed by atoms with Crippen LogP contribution >= 0.6 is 46.4 Å². The fourth-order valence-electron chi connectivity index (χ4n) is 2.06. The normalized spacial score (nSPS) is 16.9. The van der Waals surface area contributed by atoms with Gasteiger partial charge in [0.1, 0.15) is 11.3 Å². The molecule has 0 aliphatic carbocycles. The monoisotopic (exact) mass is 458 g/mol. The molecule has 8 heteroatoms. The second-order valence-corrected chi connectivity index (χ2v) is 6.47. The minimum atomic E-state index is -0.565. The van der Waals surface area contributed by atoms with Gasteiger partial charge in [-0.05, 0) is 71.2 Å². The van der Waals surface area contributed by atoms with E-state index >= 15 is 0 Å². The van der Waals surface area contributed by atoms with Gasteiger partial charge in [0, 0.05) is 5.02 Å². The van der Waals surface area contributed by atoms with E-state index in [4.69, 9.17) is 28.2 Å². The van der Waals surface area contributed by atoms with Crippen molar-refractivity contribution in [2.45, 2.75) is 0 Å². The number of thiocarbonyl (C=S) groups is 1. The summed E-state index contributed by atoms with van der Waals surface area (Å²) >= 11 is 13.1. The van der Waals surface area contributed by atoms with Gasteiger partial charge in [0.25, 0.3) is 11.8 Å². The van der Waals surface area contributed by atoms with Crippen molar-refractivity contribution in [2.24, 2.45) is 0 Å². The molecule has 0 atom stereocenters. The lowest BCUT2D eigenvalue weighted by Crippen LogP contribution is -2.54. The zero-order valence-electron chi connectivity index (χ0n) is 11.4. The van der Waals surface area contributed by atoms with E-state index in [0.29, 0.717) is 20.2 Å². The largest absolute Gasteiger partial charge is 0.451 e. The van der Waals surface area contributed by atoms with Crippen molar-refractivity contribution < 1.29 is 14.0 Å². The molecule has 5 nitrogen and oxygen atoms in total. The molecule has 0 bridgehead atoms. The SMILES string of the molecule is O=C1NC(=S)N(c2cccc(Cl)c2)C(=O)C1=Cc1ccc(I)o1. The van der Waals surface area contributed by atoms with Gasteiger partial charge < -0.3 is 4.42 Å². The van der Waals surface area contributed by atoms with E-state index in [9.17, 15) is 9.59 Å². The van der Waals surface area contributed by atoms with Gasteiger partial charge >= 0.3 is 0 Å². The molecule has 1 aliphatic rings. The van der Waals surface area contributed by atoms with Crippen LogP contribution in [0.5, 0.6) is 0 Å². The number of carbonyl (C=O) groups excluding carboxylic acids is 2. The van der Waals surface area contributed by atoms with Gasteiger partial charge in [0.05, 0.1) is 5.69 Å². The highest BCUT2D eigenvalue weighted by Gasteiger charge is 2.34. The van der Waals surface area contributed by atoms with Crippen LogP contribution < -0.4 is 10.2 Å². The number of anilines is 1. The third kappa shape index (κ3) is 3.31. The third-order valence-electron chi connectivity index (χ3n) is 3.05. The second-order valence-electron chi connectivity index (χ2n) is 4.58. The van der Waals surface area contributed by atoms with Crippen LogP contribution in [0.25, 0.3) is 6.08 Å². The quantitative estimate of drug-likeness (QED) is 0.324. The number of halogens is 2. The molecule has 1 saturated heterocycles. The molecule has 0 spiro atoms. The Bertz CT molecular complexity index is 862. The topological polar surface area (TPSA) is 62.6 Å². The Morgan fingerprint density at radius 3 is 2.70 bits per heavy atom. The number of carbonyl (C=O) groups is 2. The maximum atomic E-state index is 12.7. The number of nitrogens with zero attached hydrogens (tertiary/aromatic N) is 1. The first-order valence-electron chi connectivity index (χ1n) is 6.38. The van der Waals surface area contributed by atoms with E-state index in [1.807, 2.05) is 22.6 Å². The molecule has 1 fully saturated rings. The molecule has 23 heavy (non-hydrogen) atoms.